The minimum absolute atomic E-state index is 0.0977. The summed E-state index contributed by atoms with van der Waals surface area (Å²) in [6, 6.07) is 4.48. The smallest absolute Gasteiger partial charge is 0.335 e. The van der Waals surface area contributed by atoms with E-state index in [0.717, 1.165) is 0 Å². The quantitative estimate of drug-likeness (QED) is 0.804. The van der Waals surface area contributed by atoms with Crippen molar-refractivity contribution in [2.75, 3.05) is 7.11 Å². The average Bonchev–Trinajstić information content (AvgIpc) is 2.28. The number of primary amides is 1. The van der Waals surface area contributed by atoms with Crippen LogP contribution in [0.3, 0.4) is 0 Å². The Morgan fingerprint density at radius 1 is 1.47 bits per heavy atom. The molecule has 3 N–H and O–H groups in total. The molecule has 1 aromatic carbocycles. The standard InChI is InChI=1S/C12H13NO4/c1-17-10-6-5-9(12(15)16)7-8(10)3-2-4-11(13)14/h2-3,5-7H,4H2,1H3,(H2,13,14)(H,15,16). The summed E-state index contributed by atoms with van der Waals surface area (Å²) in [5, 5.41) is 8.85. The van der Waals surface area contributed by atoms with Crippen LogP contribution in [0.4, 0.5) is 0 Å². The summed E-state index contributed by atoms with van der Waals surface area (Å²) >= 11 is 0. The first-order chi connectivity index (χ1) is 8.04. The minimum Gasteiger partial charge on any atom is -0.496 e. The first-order valence-corrected chi connectivity index (χ1v) is 4.90. The molecule has 0 spiro atoms. The molecule has 0 bridgehead atoms. The van der Waals surface area contributed by atoms with Crippen molar-refractivity contribution < 1.29 is 19.4 Å². The van der Waals surface area contributed by atoms with Gasteiger partial charge in [0.2, 0.25) is 5.91 Å². The second-order valence-electron chi connectivity index (χ2n) is 3.33. The van der Waals surface area contributed by atoms with Gasteiger partial charge in [0.1, 0.15) is 5.75 Å². The molecule has 0 aliphatic heterocycles. The molecule has 0 atom stereocenters. The van der Waals surface area contributed by atoms with Gasteiger partial charge in [-0.1, -0.05) is 12.2 Å². The molecule has 0 heterocycles. The lowest BCUT2D eigenvalue weighted by Gasteiger charge is -2.05. The van der Waals surface area contributed by atoms with E-state index < -0.39 is 11.9 Å². The fourth-order valence-corrected chi connectivity index (χ4v) is 1.30. The first kappa shape index (κ1) is 12.8. The number of amides is 1. The Bertz CT molecular complexity index is 466. The number of methoxy groups -OCH3 is 1. The van der Waals surface area contributed by atoms with Gasteiger partial charge in [0.25, 0.3) is 0 Å². The zero-order valence-electron chi connectivity index (χ0n) is 9.34. The van der Waals surface area contributed by atoms with Crippen LogP contribution in [-0.2, 0) is 4.79 Å². The molecule has 0 saturated carbocycles. The number of carbonyl (C=O) groups excluding carboxylic acids is 1. The van der Waals surface area contributed by atoms with Crippen molar-refractivity contribution in [3.63, 3.8) is 0 Å². The number of aromatic carboxylic acids is 1. The molecule has 5 nitrogen and oxygen atoms in total. The van der Waals surface area contributed by atoms with Crippen molar-refractivity contribution in [3.05, 3.63) is 35.4 Å². The maximum absolute atomic E-state index is 10.8. The molecular formula is C12H13NO4. The van der Waals surface area contributed by atoms with E-state index in [4.69, 9.17) is 15.6 Å². The predicted octanol–water partition coefficient (Wildman–Crippen LogP) is 1.28. The zero-order valence-corrected chi connectivity index (χ0v) is 9.34. The van der Waals surface area contributed by atoms with Crippen LogP contribution in [0, 0.1) is 0 Å². The lowest BCUT2D eigenvalue weighted by atomic mass is 10.1. The van der Waals surface area contributed by atoms with Gasteiger partial charge in [0, 0.05) is 12.0 Å². The van der Waals surface area contributed by atoms with Crippen LogP contribution in [0.25, 0.3) is 6.08 Å². The molecule has 1 rings (SSSR count). The van der Waals surface area contributed by atoms with E-state index in [1.165, 1.54) is 19.2 Å². The number of hydrogen-bond acceptors (Lipinski definition) is 3. The molecule has 0 fully saturated rings. The fourth-order valence-electron chi connectivity index (χ4n) is 1.30. The maximum atomic E-state index is 10.8. The Hall–Kier alpha value is -2.30. The summed E-state index contributed by atoms with van der Waals surface area (Å²) in [5.41, 5.74) is 5.74. The Labute approximate surface area is 98.5 Å². The number of carbonyl (C=O) groups is 2. The number of carboxylic acid groups (broad SMARTS) is 1. The van der Waals surface area contributed by atoms with Gasteiger partial charge in [0.15, 0.2) is 0 Å². The Balaban J connectivity index is 3.01. The van der Waals surface area contributed by atoms with E-state index in [-0.39, 0.29) is 12.0 Å². The second kappa shape index (κ2) is 5.69. The van der Waals surface area contributed by atoms with Gasteiger partial charge in [-0.2, -0.15) is 0 Å². The molecule has 0 aromatic heterocycles. The third-order valence-corrected chi connectivity index (χ3v) is 2.09. The van der Waals surface area contributed by atoms with Crippen LogP contribution in [0.15, 0.2) is 24.3 Å². The van der Waals surface area contributed by atoms with Crippen molar-refractivity contribution in [2.45, 2.75) is 6.42 Å². The average molecular weight is 235 g/mol. The third kappa shape index (κ3) is 3.64. The van der Waals surface area contributed by atoms with Crippen LogP contribution in [-0.4, -0.2) is 24.1 Å². The molecule has 5 heteroatoms. The maximum Gasteiger partial charge on any atom is 0.335 e. The van der Waals surface area contributed by atoms with E-state index in [0.29, 0.717) is 11.3 Å². The molecular weight excluding hydrogens is 222 g/mol. The second-order valence-corrected chi connectivity index (χ2v) is 3.33. The van der Waals surface area contributed by atoms with Crippen LogP contribution in [0.5, 0.6) is 5.75 Å². The highest BCUT2D eigenvalue weighted by molar-refractivity contribution is 5.89. The normalized spacial score (nSPS) is 10.4. The Kier molecular flexibility index (Phi) is 4.28. The van der Waals surface area contributed by atoms with Gasteiger partial charge in [-0.3, -0.25) is 4.79 Å². The topological polar surface area (TPSA) is 89.6 Å². The zero-order chi connectivity index (χ0) is 12.8. The van der Waals surface area contributed by atoms with E-state index >= 15 is 0 Å². The van der Waals surface area contributed by atoms with Crippen molar-refractivity contribution in [1.29, 1.82) is 0 Å². The lowest BCUT2D eigenvalue weighted by molar-refractivity contribution is -0.117. The molecule has 1 aromatic rings. The third-order valence-electron chi connectivity index (χ3n) is 2.09. The van der Waals surface area contributed by atoms with Gasteiger partial charge < -0.3 is 15.6 Å². The molecule has 0 aliphatic carbocycles. The summed E-state index contributed by atoms with van der Waals surface area (Å²) < 4.78 is 5.08. The first-order valence-electron chi connectivity index (χ1n) is 4.90. The number of rotatable bonds is 5. The van der Waals surface area contributed by atoms with Gasteiger partial charge in [-0.25, -0.2) is 4.79 Å². The number of ether oxygens (including phenoxy) is 1. The highest BCUT2D eigenvalue weighted by Gasteiger charge is 2.06. The summed E-state index contributed by atoms with van der Waals surface area (Å²) in [4.78, 5) is 21.4. The van der Waals surface area contributed by atoms with E-state index in [1.807, 2.05) is 0 Å². The van der Waals surface area contributed by atoms with Crippen molar-refractivity contribution in [2.24, 2.45) is 5.73 Å². The molecule has 17 heavy (non-hydrogen) atoms. The van der Waals surface area contributed by atoms with Gasteiger partial charge >= 0.3 is 5.97 Å². The summed E-state index contributed by atoms with van der Waals surface area (Å²) in [5.74, 6) is -0.928. The van der Waals surface area contributed by atoms with Gasteiger partial charge in [0.05, 0.1) is 12.7 Å². The van der Waals surface area contributed by atoms with Crippen molar-refractivity contribution in [3.8, 4) is 5.75 Å². The van der Waals surface area contributed by atoms with Crippen LogP contribution in [0.1, 0.15) is 22.3 Å². The van der Waals surface area contributed by atoms with Crippen LogP contribution < -0.4 is 10.5 Å². The molecule has 0 aliphatic rings. The molecule has 0 radical (unpaired) electrons. The molecule has 0 unspecified atom stereocenters. The highest BCUT2D eigenvalue weighted by Crippen LogP contribution is 2.21. The number of benzene rings is 1. The van der Waals surface area contributed by atoms with E-state index in [1.54, 1.807) is 18.2 Å². The highest BCUT2D eigenvalue weighted by atomic mass is 16.5. The lowest BCUT2D eigenvalue weighted by Crippen LogP contribution is -2.07. The van der Waals surface area contributed by atoms with Gasteiger partial charge in [-0.05, 0) is 18.2 Å². The fraction of sp³-hybridized carbons (Fsp3) is 0.167. The Morgan fingerprint density at radius 3 is 2.71 bits per heavy atom. The largest absolute Gasteiger partial charge is 0.496 e. The van der Waals surface area contributed by atoms with Crippen LogP contribution in [0.2, 0.25) is 0 Å². The van der Waals surface area contributed by atoms with E-state index in [9.17, 15) is 9.59 Å². The molecule has 1 amide bonds. The van der Waals surface area contributed by atoms with Crippen molar-refractivity contribution >= 4 is 18.0 Å². The predicted molar refractivity (Wildman–Crippen MR) is 62.8 cm³/mol. The van der Waals surface area contributed by atoms with E-state index in [2.05, 4.69) is 0 Å². The number of carboxylic acids is 1. The summed E-state index contributed by atoms with van der Waals surface area (Å²) in [6.45, 7) is 0. The van der Waals surface area contributed by atoms with Crippen LogP contribution >= 0.6 is 0 Å². The number of nitrogens with two attached hydrogens (primary N) is 1. The van der Waals surface area contributed by atoms with Gasteiger partial charge in [-0.15, -0.1) is 0 Å². The van der Waals surface area contributed by atoms with Crippen molar-refractivity contribution in [1.82, 2.24) is 0 Å². The number of hydrogen-bond donors (Lipinski definition) is 2. The molecule has 90 valence electrons. The summed E-state index contributed by atoms with van der Waals surface area (Å²) in [6.07, 6.45) is 3.27. The minimum atomic E-state index is -1.02. The monoisotopic (exact) mass is 235 g/mol. The Morgan fingerprint density at radius 2 is 2.18 bits per heavy atom. The SMILES string of the molecule is COc1ccc(C(=O)O)cc1C=CCC(N)=O. The summed E-state index contributed by atoms with van der Waals surface area (Å²) in [7, 11) is 1.49. The molecule has 0 saturated heterocycles.